The molecule has 2 N–H and O–H groups in total. The number of hydrogen-bond donors (Lipinski definition) is 2. The molecule has 0 spiro atoms. The number of β-amino-alcohol motifs (C(OH)–C–C–N with tert-alkyl or cyclic N) is 1. The summed E-state index contributed by atoms with van der Waals surface area (Å²) < 4.78 is 17.1. The molecule has 2 heterocycles. The zero-order chi connectivity index (χ0) is 25.6. The second kappa shape index (κ2) is 11.7. The third kappa shape index (κ3) is 6.09. The van der Waals surface area contributed by atoms with Gasteiger partial charge in [0.2, 0.25) is 6.79 Å². The predicted molar refractivity (Wildman–Crippen MR) is 145 cm³/mol. The molecule has 1 unspecified atom stereocenters. The standard InChI is InChI=1S/C31H35NO5/c1-2-28(24-10-15-29-30(18-24)37-21-36-29)31(22-6-11-25(33)12-7-22)23-8-13-27(14-9-23)35-20-26(34)19-32-16-4-3-5-17-32/h6-15,18,26,33-34H,2-5,16-17,19-21H2,1H3. The number of phenolic OH excluding ortho intramolecular Hbond substituents is 1. The number of aliphatic hydroxyl groups is 1. The monoisotopic (exact) mass is 501 g/mol. The minimum atomic E-state index is -0.511. The summed E-state index contributed by atoms with van der Waals surface area (Å²) in [7, 11) is 0. The Morgan fingerprint density at radius 2 is 1.51 bits per heavy atom. The molecule has 5 rings (SSSR count). The van der Waals surface area contributed by atoms with Crippen LogP contribution in [-0.4, -0.2) is 54.3 Å². The van der Waals surface area contributed by atoms with E-state index in [9.17, 15) is 10.2 Å². The summed E-state index contributed by atoms with van der Waals surface area (Å²) in [6, 6.07) is 21.4. The number of benzene rings is 3. The summed E-state index contributed by atoms with van der Waals surface area (Å²) >= 11 is 0. The Balaban J connectivity index is 1.39. The van der Waals surface area contributed by atoms with Crippen LogP contribution in [0.25, 0.3) is 11.1 Å². The van der Waals surface area contributed by atoms with Crippen LogP contribution >= 0.6 is 0 Å². The number of aliphatic hydroxyl groups excluding tert-OH is 1. The third-order valence-electron chi connectivity index (χ3n) is 7.04. The Morgan fingerprint density at radius 1 is 0.865 bits per heavy atom. The minimum Gasteiger partial charge on any atom is -0.508 e. The van der Waals surface area contributed by atoms with Crippen molar-refractivity contribution in [3.63, 3.8) is 0 Å². The van der Waals surface area contributed by atoms with Gasteiger partial charge in [-0.25, -0.2) is 0 Å². The van der Waals surface area contributed by atoms with Crippen molar-refractivity contribution in [1.29, 1.82) is 0 Å². The molecule has 0 aromatic heterocycles. The van der Waals surface area contributed by atoms with Crippen molar-refractivity contribution < 1.29 is 24.4 Å². The molecule has 0 bridgehead atoms. The van der Waals surface area contributed by atoms with Crippen molar-refractivity contribution in [3.05, 3.63) is 83.4 Å². The van der Waals surface area contributed by atoms with Crippen LogP contribution in [0.1, 0.15) is 49.3 Å². The van der Waals surface area contributed by atoms with Crippen molar-refractivity contribution in [2.45, 2.75) is 38.7 Å². The Hall–Kier alpha value is -3.48. The Bertz CT molecular complexity index is 1210. The van der Waals surface area contributed by atoms with Crippen molar-refractivity contribution in [3.8, 4) is 23.0 Å². The van der Waals surface area contributed by atoms with Gasteiger partial charge < -0.3 is 29.3 Å². The van der Waals surface area contributed by atoms with Crippen LogP contribution in [0.5, 0.6) is 23.0 Å². The highest BCUT2D eigenvalue weighted by atomic mass is 16.7. The molecular weight excluding hydrogens is 466 g/mol. The first-order valence-corrected chi connectivity index (χ1v) is 13.2. The molecule has 3 aromatic carbocycles. The summed E-state index contributed by atoms with van der Waals surface area (Å²) in [6.45, 7) is 5.42. The van der Waals surface area contributed by atoms with E-state index < -0.39 is 6.10 Å². The summed E-state index contributed by atoms with van der Waals surface area (Å²) in [5.41, 5.74) is 5.36. The van der Waals surface area contributed by atoms with Gasteiger partial charge in [-0.2, -0.15) is 0 Å². The largest absolute Gasteiger partial charge is 0.508 e. The van der Waals surface area contributed by atoms with Gasteiger partial charge in [0.15, 0.2) is 11.5 Å². The lowest BCUT2D eigenvalue weighted by Crippen LogP contribution is -2.38. The average Bonchev–Trinajstić information content (AvgIpc) is 3.40. The lowest BCUT2D eigenvalue weighted by Gasteiger charge is -2.28. The zero-order valence-electron chi connectivity index (χ0n) is 21.4. The average molecular weight is 502 g/mol. The Labute approximate surface area is 218 Å². The number of rotatable bonds is 9. The van der Waals surface area contributed by atoms with Crippen molar-refractivity contribution in [2.75, 3.05) is 33.0 Å². The maximum Gasteiger partial charge on any atom is 0.231 e. The van der Waals surface area contributed by atoms with E-state index in [4.69, 9.17) is 14.2 Å². The first-order valence-electron chi connectivity index (χ1n) is 13.2. The second-order valence-electron chi connectivity index (χ2n) is 9.67. The molecule has 6 heteroatoms. The number of ether oxygens (including phenoxy) is 3. The van der Waals surface area contributed by atoms with Crippen molar-refractivity contribution in [2.24, 2.45) is 0 Å². The van der Waals surface area contributed by atoms with E-state index in [0.717, 1.165) is 64.6 Å². The quantitative estimate of drug-likeness (QED) is 0.366. The van der Waals surface area contributed by atoms with Crippen molar-refractivity contribution in [1.82, 2.24) is 4.90 Å². The zero-order valence-corrected chi connectivity index (χ0v) is 21.4. The molecule has 2 aliphatic heterocycles. The molecule has 1 atom stereocenters. The van der Waals surface area contributed by atoms with Crippen LogP contribution in [0, 0.1) is 0 Å². The van der Waals surface area contributed by atoms with Crippen LogP contribution in [0.3, 0.4) is 0 Å². The van der Waals surface area contributed by atoms with Crippen molar-refractivity contribution >= 4 is 11.1 Å². The van der Waals surface area contributed by atoms with Gasteiger partial charge in [-0.3, -0.25) is 0 Å². The number of aromatic hydroxyl groups is 1. The molecule has 6 nitrogen and oxygen atoms in total. The molecular formula is C31H35NO5. The lowest BCUT2D eigenvalue weighted by atomic mass is 9.88. The fourth-order valence-corrected chi connectivity index (χ4v) is 5.16. The normalized spacial score (nSPS) is 16.8. The maximum absolute atomic E-state index is 10.5. The fraction of sp³-hybridized carbons (Fsp3) is 0.355. The van der Waals surface area contributed by atoms with E-state index in [0.29, 0.717) is 6.54 Å². The summed E-state index contributed by atoms with van der Waals surface area (Å²) in [5, 5.41) is 20.3. The molecule has 2 aliphatic rings. The summed E-state index contributed by atoms with van der Waals surface area (Å²) in [6.07, 6.45) is 3.99. The number of likely N-dealkylation sites (tertiary alicyclic amines) is 1. The molecule has 0 amide bonds. The van der Waals surface area contributed by atoms with Crippen LogP contribution in [0.2, 0.25) is 0 Å². The first-order chi connectivity index (χ1) is 18.1. The number of nitrogens with zero attached hydrogens (tertiary/aromatic N) is 1. The number of phenols is 1. The third-order valence-corrected chi connectivity index (χ3v) is 7.04. The molecule has 1 saturated heterocycles. The second-order valence-corrected chi connectivity index (χ2v) is 9.67. The number of fused-ring (bicyclic) bond motifs is 1. The minimum absolute atomic E-state index is 0.232. The molecule has 0 radical (unpaired) electrons. The van der Waals surface area contributed by atoms with E-state index in [1.54, 1.807) is 12.1 Å². The topological polar surface area (TPSA) is 71.4 Å². The molecule has 37 heavy (non-hydrogen) atoms. The molecule has 194 valence electrons. The van der Waals surface area contributed by atoms with Crippen LogP contribution in [0.15, 0.2) is 66.7 Å². The van der Waals surface area contributed by atoms with Crippen LogP contribution in [-0.2, 0) is 0 Å². The predicted octanol–water partition coefficient (Wildman–Crippen LogP) is 5.72. The summed E-state index contributed by atoms with van der Waals surface area (Å²) in [5.74, 6) is 2.47. The van der Waals surface area contributed by atoms with E-state index in [-0.39, 0.29) is 19.1 Å². The lowest BCUT2D eigenvalue weighted by molar-refractivity contribution is 0.0617. The van der Waals surface area contributed by atoms with Gasteiger partial charge in [-0.15, -0.1) is 0 Å². The van der Waals surface area contributed by atoms with Gasteiger partial charge in [0.25, 0.3) is 0 Å². The Kier molecular flexibility index (Phi) is 7.97. The van der Waals surface area contributed by atoms with E-state index in [1.807, 2.05) is 36.4 Å². The van der Waals surface area contributed by atoms with Crippen LogP contribution in [0.4, 0.5) is 0 Å². The highest BCUT2D eigenvalue weighted by Gasteiger charge is 2.19. The fourth-order valence-electron chi connectivity index (χ4n) is 5.16. The first kappa shape index (κ1) is 25.2. The van der Waals surface area contributed by atoms with Crippen LogP contribution < -0.4 is 14.2 Å². The summed E-state index contributed by atoms with van der Waals surface area (Å²) in [4.78, 5) is 2.32. The number of hydrogen-bond acceptors (Lipinski definition) is 6. The van der Waals surface area contributed by atoms with E-state index in [1.165, 1.54) is 19.3 Å². The smallest absolute Gasteiger partial charge is 0.231 e. The van der Waals surface area contributed by atoms with Gasteiger partial charge in [0, 0.05) is 6.54 Å². The molecule has 0 aliphatic carbocycles. The van der Waals surface area contributed by atoms with E-state index in [2.05, 4.69) is 30.0 Å². The van der Waals surface area contributed by atoms with Gasteiger partial charge in [-0.1, -0.05) is 43.7 Å². The van der Waals surface area contributed by atoms with Gasteiger partial charge in [0.1, 0.15) is 24.2 Å². The number of piperidine rings is 1. The maximum atomic E-state index is 10.5. The molecule has 3 aromatic rings. The highest BCUT2D eigenvalue weighted by Crippen LogP contribution is 2.40. The Morgan fingerprint density at radius 3 is 2.22 bits per heavy atom. The van der Waals surface area contributed by atoms with Gasteiger partial charge in [-0.05, 0) is 96.6 Å². The van der Waals surface area contributed by atoms with Gasteiger partial charge >= 0.3 is 0 Å². The number of allylic oxidation sites excluding steroid dienone is 1. The SMILES string of the molecule is CCC(=C(c1ccc(O)cc1)c1ccc(OCC(O)CN2CCCCC2)cc1)c1ccc2c(c1)OCO2. The molecule has 0 saturated carbocycles. The highest BCUT2D eigenvalue weighted by molar-refractivity contribution is 5.99. The van der Waals surface area contributed by atoms with E-state index >= 15 is 0 Å². The molecule has 1 fully saturated rings. The van der Waals surface area contributed by atoms with Gasteiger partial charge in [0.05, 0.1) is 0 Å².